The van der Waals surface area contributed by atoms with Crippen LogP contribution in [0.4, 0.5) is 0 Å². The van der Waals surface area contributed by atoms with E-state index in [0.29, 0.717) is 13.2 Å². The molecule has 32 heavy (non-hydrogen) atoms. The van der Waals surface area contributed by atoms with Crippen LogP contribution >= 0.6 is 24.0 Å². The van der Waals surface area contributed by atoms with Gasteiger partial charge >= 0.3 is 0 Å². The SMILES string of the molecule is CN(C)C(=O)CN=C(NCCc1ccco1)N1CCN(CCOc2ccccc2)CC1.I. The number of hydrogen-bond acceptors (Lipinski definition) is 5. The Bertz CT molecular complexity index is 806. The van der Waals surface area contributed by atoms with Crippen molar-refractivity contribution >= 4 is 35.8 Å². The Morgan fingerprint density at radius 2 is 1.88 bits per heavy atom. The highest BCUT2D eigenvalue weighted by Gasteiger charge is 2.20. The van der Waals surface area contributed by atoms with Crippen LogP contribution in [0.2, 0.25) is 0 Å². The minimum absolute atomic E-state index is 0. The fourth-order valence-corrected chi connectivity index (χ4v) is 3.30. The van der Waals surface area contributed by atoms with Crippen molar-refractivity contribution in [1.29, 1.82) is 0 Å². The molecule has 0 saturated carbocycles. The minimum atomic E-state index is -0.0120. The summed E-state index contributed by atoms with van der Waals surface area (Å²) in [5.74, 6) is 2.60. The van der Waals surface area contributed by atoms with E-state index in [-0.39, 0.29) is 36.4 Å². The van der Waals surface area contributed by atoms with E-state index in [2.05, 4.69) is 20.1 Å². The number of aliphatic imine (C=N–C) groups is 1. The van der Waals surface area contributed by atoms with Crippen LogP contribution in [-0.4, -0.2) is 93.1 Å². The van der Waals surface area contributed by atoms with Gasteiger partial charge < -0.3 is 24.3 Å². The van der Waals surface area contributed by atoms with E-state index in [9.17, 15) is 4.79 Å². The zero-order chi connectivity index (χ0) is 21.9. The second kappa shape index (κ2) is 14.0. The summed E-state index contributed by atoms with van der Waals surface area (Å²) in [6.45, 7) is 5.97. The molecule has 1 fully saturated rings. The van der Waals surface area contributed by atoms with Crippen LogP contribution in [0.25, 0.3) is 0 Å². The Morgan fingerprint density at radius 1 is 1.12 bits per heavy atom. The molecule has 1 aromatic heterocycles. The Balaban J connectivity index is 0.00000363. The first-order valence-electron chi connectivity index (χ1n) is 10.8. The first-order chi connectivity index (χ1) is 15.1. The second-order valence-corrected chi connectivity index (χ2v) is 7.67. The number of nitrogens with zero attached hydrogens (tertiary/aromatic N) is 4. The average Bonchev–Trinajstić information content (AvgIpc) is 3.31. The summed E-state index contributed by atoms with van der Waals surface area (Å²) in [5.41, 5.74) is 0. The fourth-order valence-electron chi connectivity index (χ4n) is 3.30. The van der Waals surface area contributed by atoms with Crippen LogP contribution < -0.4 is 10.1 Å². The molecule has 2 heterocycles. The molecule has 0 spiro atoms. The number of hydrogen-bond donors (Lipinski definition) is 1. The monoisotopic (exact) mass is 555 g/mol. The van der Waals surface area contributed by atoms with E-state index in [4.69, 9.17) is 9.15 Å². The number of guanidine groups is 1. The lowest BCUT2D eigenvalue weighted by Gasteiger charge is -2.36. The van der Waals surface area contributed by atoms with Crippen LogP contribution in [0, 0.1) is 0 Å². The number of piperazine rings is 1. The summed E-state index contributed by atoms with van der Waals surface area (Å²) >= 11 is 0. The Morgan fingerprint density at radius 3 is 2.53 bits per heavy atom. The number of likely N-dealkylation sites (N-methyl/N-ethyl adjacent to an activating group) is 1. The van der Waals surface area contributed by atoms with Gasteiger partial charge in [0.05, 0.1) is 6.26 Å². The maximum Gasteiger partial charge on any atom is 0.243 e. The molecule has 1 N–H and O–H groups in total. The lowest BCUT2D eigenvalue weighted by molar-refractivity contribution is -0.127. The smallest absolute Gasteiger partial charge is 0.243 e. The number of ether oxygens (including phenoxy) is 1. The number of halogens is 1. The third-order valence-electron chi connectivity index (χ3n) is 5.19. The molecule has 9 heteroatoms. The largest absolute Gasteiger partial charge is 0.492 e. The van der Waals surface area contributed by atoms with Gasteiger partial charge in [-0.1, -0.05) is 18.2 Å². The van der Waals surface area contributed by atoms with Crippen molar-refractivity contribution in [1.82, 2.24) is 20.0 Å². The summed E-state index contributed by atoms with van der Waals surface area (Å²) in [6.07, 6.45) is 2.45. The number of furan rings is 1. The Hall–Kier alpha value is -2.27. The highest BCUT2D eigenvalue weighted by Crippen LogP contribution is 2.09. The zero-order valence-corrected chi connectivity index (χ0v) is 21.2. The Kier molecular flexibility index (Phi) is 11.4. The fraction of sp³-hybridized carbons (Fsp3) is 0.478. The molecule has 0 radical (unpaired) electrons. The van der Waals surface area contributed by atoms with Crippen LogP contribution in [0.15, 0.2) is 58.1 Å². The lowest BCUT2D eigenvalue weighted by Crippen LogP contribution is -2.53. The highest BCUT2D eigenvalue weighted by atomic mass is 127. The van der Waals surface area contributed by atoms with E-state index in [1.54, 1.807) is 25.3 Å². The average molecular weight is 555 g/mol. The standard InChI is InChI=1S/C23H33N5O3.HI/c1-26(2)22(29)19-25-23(24-11-10-21-9-6-17-30-21)28-14-12-27(13-15-28)16-18-31-20-7-4-3-5-8-20;/h3-9,17H,10-16,18-19H2,1-2H3,(H,24,25);1H. The lowest BCUT2D eigenvalue weighted by atomic mass is 10.3. The van der Waals surface area contributed by atoms with Crippen LogP contribution in [0.1, 0.15) is 5.76 Å². The molecule has 1 saturated heterocycles. The molecule has 1 amide bonds. The number of rotatable bonds is 9. The van der Waals surface area contributed by atoms with Gasteiger partial charge in [0.15, 0.2) is 5.96 Å². The first kappa shape index (κ1) is 26.0. The predicted octanol–water partition coefficient (Wildman–Crippen LogP) is 2.17. The summed E-state index contributed by atoms with van der Waals surface area (Å²) in [4.78, 5) is 22.8. The van der Waals surface area contributed by atoms with E-state index in [1.807, 2.05) is 42.5 Å². The van der Waals surface area contributed by atoms with E-state index < -0.39 is 0 Å². The van der Waals surface area contributed by atoms with Crippen molar-refractivity contribution in [3.8, 4) is 5.75 Å². The van der Waals surface area contributed by atoms with E-state index in [1.165, 1.54) is 0 Å². The third-order valence-corrected chi connectivity index (χ3v) is 5.19. The van der Waals surface area contributed by atoms with Gasteiger partial charge in [0, 0.05) is 59.8 Å². The van der Waals surface area contributed by atoms with Crippen molar-refractivity contribution < 1.29 is 13.9 Å². The molecule has 8 nitrogen and oxygen atoms in total. The van der Waals surface area contributed by atoms with Gasteiger partial charge in [0.2, 0.25) is 5.91 Å². The van der Waals surface area contributed by atoms with Gasteiger partial charge in [-0.05, 0) is 24.3 Å². The zero-order valence-electron chi connectivity index (χ0n) is 18.9. The summed E-state index contributed by atoms with van der Waals surface area (Å²) in [5, 5.41) is 3.40. The molecule has 1 aliphatic rings. The summed E-state index contributed by atoms with van der Waals surface area (Å²) in [6, 6.07) is 13.8. The van der Waals surface area contributed by atoms with Crippen molar-refractivity contribution in [2.45, 2.75) is 6.42 Å². The van der Waals surface area contributed by atoms with Gasteiger partial charge in [-0.25, -0.2) is 4.99 Å². The summed E-state index contributed by atoms with van der Waals surface area (Å²) < 4.78 is 11.2. The first-order valence-corrected chi connectivity index (χ1v) is 10.8. The normalized spacial score (nSPS) is 14.6. The van der Waals surface area contributed by atoms with Crippen molar-refractivity contribution in [3.05, 3.63) is 54.5 Å². The van der Waals surface area contributed by atoms with Crippen LogP contribution in [0.5, 0.6) is 5.75 Å². The van der Waals surface area contributed by atoms with Crippen LogP contribution in [-0.2, 0) is 11.2 Å². The molecule has 1 aliphatic heterocycles. The van der Waals surface area contributed by atoms with Crippen molar-refractivity contribution in [2.75, 3.05) is 66.5 Å². The quantitative estimate of drug-likeness (QED) is 0.291. The Labute approximate surface area is 207 Å². The van der Waals surface area contributed by atoms with E-state index >= 15 is 0 Å². The molecule has 0 atom stereocenters. The molecule has 176 valence electrons. The number of carbonyl (C=O) groups is 1. The van der Waals surface area contributed by atoms with Crippen molar-refractivity contribution in [2.24, 2.45) is 4.99 Å². The summed E-state index contributed by atoms with van der Waals surface area (Å²) in [7, 11) is 3.50. The molecule has 2 aromatic rings. The van der Waals surface area contributed by atoms with E-state index in [0.717, 1.165) is 56.6 Å². The third kappa shape index (κ3) is 8.70. The topological polar surface area (TPSA) is 73.6 Å². The molecule has 0 bridgehead atoms. The highest BCUT2D eigenvalue weighted by molar-refractivity contribution is 14.0. The predicted molar refractivity (Wildman–Crippen MR) is 137 cm³/mol. The number of carbonyl (C=O) groups excluding carboxylic acids is 1. The minimum Gasteiger partial charge on any atom is -0.492 e. The maximum atomic E-state index is 12.0. The number of amides is 1. The van der Waals surface area contributed by atoms with Gasteiger partial charge in [-0.2, -0.15) is 0 Å². The number of nitrogens with one attached hydrogen (secondary N) is 1. The number of benzene rings is 1. The van der Waals surface area contributed by atoms with Gasteiger partial charge in [0.1, 0.15) is 24.7 Å². The maximum absolute atomic E-state index is 12.0. The van der Waals surface area contributed by atoms with Crippen LogP contribution in [0.3, 0.4) is 0 Å². The molecule has 0 aliphatic carbocycles. The second-order valence-electron chi connectivity index (χ2n) is 7.67. The van der Waals surface area contributed by atoms with Crippen molar-refractivity contribution in [3.63, 3.8) is 0 Å². The number of para-hydroxylation sites is 1. The molecule has 3 rings (SSSR count). The van der Waals surface area contributed by atoms with Gasteiger partial charge in [0.25, 0.3) is 0 Å². The molecular formula is C23H34IN5O3. The van der Waals surface area contributed by atoms with Gasteiger partial charge in [-0.15, -0.1) is 24.0 Å². The molecule has 1 aromatic carbocycles. The molecule has 0 unspecified atom stereocenters. The molecular weight excluding hydrogens is 521 g/mol. The van der Waals surface area contributed by atoms with Gasteiger partial charge in [-0.3, -0.25) is 9.69 Å².